The molecule has 2 bridgehead atoms. The van der Waals surface area contributed by atoms with Crippen molar-refractivity contribution in [2.45, 2.75) is 230 Å². The van der Waals surface area contributed by atoms with Crippen LogP contribution < -0.4 is 28.3 Å². The molecule has 2 aromatic carbocycles. The number of cyclic esters (lactones) is 1. The molecule has 5 aromatic rings. The molecular weight excluding hydrogens is 1650 g/mol. The number of carbonyl (C=O) groups excluding carboxylic acids is 7. The number of allylic oxidation sites excluding steroid dienone is 6. The number of aromatic nitrogens is 5. The molecule has 6 aliphatic rings. The first-order chi connectivity index (χ1) is 61.5. The van der Waals surface area contributed by atoms with Crippen LogP contribution in [-0.4, -0.2) is 288 Å². The Balaban J connectivity index is 0.534. The lowest BCUT2D eigenvalue weighted by molar-refractivity contribution is -0.265. The van der Waals surface area contributed by atoms with Gasteiger partial charge in [0.05, 0.1) is 121 Å². The zero-order valence-corrected chi connectivity index (χ0v) is 75.5. The molecule has 35 nitrogen and oxygen atoms in total. The Hall–Kier alpha value is -9.05. The average Bonchev–Trinajstić information content (AvgIpc) is 1.55. The summed E-state index contributed by atoms with van der Waals surface area (Å²) in [4.78, 5) is 115. The Morgan fingerprint density at radius 1 is 0.703 bits per heavy atom. The number of aliphatic hydroxyl groups is 3. The number of hydrogen-bond acceptors (Lipinski definition) is 30. The van der Waals surface area contributed by atoms with Crippen LogP contribution >= 0.6 is 0 Å². The van der Waals surface area contributed by atoms with Crippen molar-refractivity contribution in [1.82, 2.24) is 44.7 Å². The van der Waals surface area contributed by atoms with Gasteiger partial charge in [-0.25, -0.2) is 24.2 Å². The number of anilines is 2. The monoisotopic (exact) mass is 1790 g/mol. The highest BCUT2D eigenvalue weighted by molar-refractivity contribution is 6.39. The number of ether oxygens (including phenoxy) is 11. The molecule has 11 rings (SSSR count). The van der Waals surface area contributed by atoms with Crippen molar-refractivity contribution >= 4 is 75.3 Å². The summed E-state index contributed by atoms with van der Waals surface area (Å²) in [5, 5.41) is 43.2. The van der Waals surface area contributed by atoms with Gasteiger partial charge in [-0.1, -0.05) is 82.4 Å². The number of nitrogens with zero attached hydrogens (tertiary/aromatic N) is 8. The zero-order chi connectivity index (χ0) is 91.6. The second-order valence-corrected chi connectivity index (χ2v) is 35.2. The van der Waals surface area contributed by atoms with Crippen molar-refractivity contribution < 1.29 is 105 Å². The first kappa shape index (κ1) is 99.5. The van der Waals surface area contributed by atoms with Crippen LogP contribution in [0.4, 0.5) is 16.6 Å². The maximum absolute atomic E-state index is 14.7. The van der Waals surface area contributed by atoms with Crippen molar-refractivity contribution in [3.8, 4) is 11.3 Å². The van der Waals surface area contributed by atoms with Gasteiger partial charge in [-0.3, -0.25) is 24.0 Å². The fourth-order valence-corrected chi connectivity index (χ4v) is 17.9. The quantitative estimate of drug-likeness (QED) is 0.00931. The van der Waals surface area contributed by atoms with E-state index in [-0.39, 0.29) is 114 Å². The molecule has 15 atom stereocenters. The Morgan fingerprint density at radius 2 is 1.41 bits per heavy atom. The topological polar surface area (TPSA) is 477 Å². The second-order valence-electron chi connectivity index (χ2n) is 35.2. The average molecular weight is 1790 g/mol. The summed E-state index contributed by atoms with van der Waals surface area (Å²) < 4.78 is 71.8. The molecule has 128 heavy (non-hydrogen) atoms. The predicted molar refractivity (Wildman–Crippen MR) is 475 cm³/mol. The highest BCUT2D eigenvalue weighted by atomic mass is 16.6. The number of carbonyl (C=O) groups is 7. The normalized spacial score (nSPS) is 28.0. The molecule has 4 fully saturated rings. The highest BCUT2D eigenvalue weighted by Crippen LogP contribution is 2.40. The number of benzene rings is 2. The smallest absolute Gasteiger partial charge is 0.410 e. The van der Waals surface area contributed by atoms with E-state index in [4.69, 9.17) is 84.6 Å². The molecule has 3 aromatic heterocycles. The summed E-state index contributed by atoms with van der Waals surface area (Å²) in [5.41, 5.74) is 32.5. The van der Waals surface area contributed by atoms with Gasteiger partial charge in [-0.05, 0) is 174 Å². The maximum Gasteiger partial charge on any atom is 0.410 e. The molecule has 5 aliphatic heterocycles. The Morgan fingerprint density at radius 3 is 2.11 bits per heavy atom. The zero-order valence-electron chi connectivity index (χ0n) is 75.5. The number of methoxy groups -OCH3 is 2. The number of likely N-dealkylation sites (tertiary alicyclic amines) is 1. The van der Waals surface area contributed by atoms with E-state index in [1.165, 1.54) is 16.8 Å². The first-order valence-corrected chi connectivity index (χ1v) is 45.4. The minimum absolute atomic E-state index is 0.0326. The lowest BCUT2D eigenvalue weighted by Gasteiger charge is -2.42. The number of rotatable bonds is 31. The number of amides is 4. The van der Waals surface area contributed by atoms with Gasteiger partial charge in [-0.2, -0.15) is 10.1 Å². The Kier molecular flexibility index (Phi) is 37.5. The molecule has 12 N–H and O–H groups in total. The number of piperidine rings is 2. The minimum Gasteiger partial charge on any atom is -0.459 e. The predicted octanol–water partition coefficient (Wildman–Crippen LogP) is 7.33. The molecule has 0 radical (unpaired) electrons. The lowest BCUT2D eigenvalue weighted by Crippen LogP contribution is -2.61. The van der Waals surface area contributed by atoms with Gasteiger partial charge in [0.25, 0.3) is 17.7 Å². The summed E-state index contributed by atoms with van der Waals surface area (Å²) in [6.07, 6.45) is 12.5. The molecule has 8 heterocycles. The highest BCUT2D eigenvalue weighted by Gasteiger charge is 2.53. The number of esters is 1. The van der Waals surface area contributed by atoms with Crippen LogP contribution in [0.25, 0.3) is 33.4 Å². The number of fused-ring (bicyclic) bond motifs is 6. The molecule has 3 saturated heterocycles. The molecule has 35 heteroatoms. The third-order valence-corrected chi connectivity index (χ3v) is 25.7. The number of nitrogen functional groups attached to an aromatic ring is 2. The van der Waals surface area contributed by atoms with Crippen molar-refractivity contribution in [2.75, 3.05) is 138 Å². The van der Waals surface area contributed by atoms with E-state index >= 15 is 0 Å². The molecule has 0 spiro atoms. The van der Waals surface area contributed by atoms with Gasteiger partial charge in [-0.15, -0.1) is 0 Å². The number of ketones is 2. The number of Topliss-reactive ketones (excluding diaryl/α,β-unsaturated/α-hetero) is 2. The van der Waals surface area contributed by atoms with E-state index in [9.17, 15) is 48.9 Å². The van der Waals surface area contributed by atoms with Crippen LogP contribution in [0, 0.1) is 29.6 Å². The van der Waals surface area contributed by atoms with Crippen LogP contribution in [-0.2, 0) is 100 Å². The summed E-state index contributed by atoms with van der Waals surface area (Å²) in [6, 6.07) is 9.96. The molecule has 1 aliphatic carbocycles. The van der Waals surface area contributed by atoms with Gasteiger partial charge < -0.3 is 115 Å². The number of nitrogens with one attached hydrogen (secondary N) is 1. The van der Waals surface area contributed by atoms with E-state index in [1.807, 2.05) is 72.9 Å². The van der Waals surface area contributed by atoms with Gasteiger partial charge >= 0.3 is 12.1 Å². The standard InChI is InChI=1S/C93H135N13O22/c1-58-14-10-9-11-15-60(3)76(117-7)54-69-23-18-63(6)93(116,128-69)84(111)87(112)105-32-13-12-16-72(105)88(113)125-73(24-17-59(2)49-62(5)82(109)83(110)81(108)61(4)48-58)70(94)51-64-20-25-75(77(52-64)118-8)127-91(115)103-34-29-92(97,30-35-103)89(114)98-31-37-120-39-41-122-43-45-124-47-46-123-44-42-121-40-38-119-36-28-78(107)104-33-27-66-50-65(19-21-68(66)56-104)55-106-86-79(85(95)99-57-100-86)80(102-106)67-22-26-74-71(53-67)101-90(96)126-74/h9-11,14-15,19,21-22,26,49-50,53,57-59,61,63-64,69-70,72-73,75-77,82-83,109-110,116H,12-13,16-18,20,23-25,27-48,51-52,54-56,94,97H2,1-8H3,(H2,96,101)(H,98,114)(H2,95,99,100)/b11-9+,14-10+,60-15+,62-49+/t58-,59+,61-,63-,64+,69+,70-,72+,73+,75-,76+,77-,82-,83+,93-/m1/s1. The fourth-order valence-electron chi connectivity index (χ4n) is 17.9. The van der Waals surface area contributed by atoms with Gasteiger partial charge in [0.1, 0.15) is 53.8 Å². The summed E-state index contributed by atoms with van der Waals surface area (Å²) in [5.74, 6) is -7.62. The van der Waals surface area contributed by atoms with Crippen molar-refractivity contribution in [1.29, 1.82) is 0 Å². The molecule has 0 unspecified atom stereocenters. The molecule has 1 saturated carbocycles. The Bertz CT molecular complexity index is 4640. The number of nitrogens with two attached hydrogens (primary N) is 4. The second kappa shape index (κ2) is 48.2. The lowest BCUT2D eigenvalue weighted by atomic mass is 9.80. The van der Waals surface area contributed by atoms with Crippen LogP contribution in [0.5, 0.6) is 0 Å². The van der Waals surface area contributed by atoms with Crippen molar-refractivity contribution in [3.05, 3.63) is 107 Å². The van der Waals surface area contributed by atoms with E-state index in [0.717, 1.165) is 28.7 Å². The van der Waals surface area contributed by atoms with Crippen molar-refractivity contribution in [3.63, 3.8) is 0 Å². The third kappa shape index (κ3) is 27.1. The molecule has 4 amide bonds. The largest absolute Gasteiger partial charge is 0.459 e. The minimum atomic E-state index is -2.47. The molecular formula is C93H135N13O22. The van der Waals surface area contributed by atoms with Crippen LogP contribution in [0.1, 0.15) is 161 Å². The Labute approximate surface area is 748 Å². The van der Waals surface area contributed by atoms with E-state index in [2.05, 4.69) is 38.5 Å². The summed E-state index contributed by atoms with van der Waals surface area (Å²) in [7, 11) is 3.11. The molecule has 704 valence electrons. The number of aliphatic hydroxyl groups excluding tert-OH is 2. The third-order valence-electron chi connectivity index (χ3n) is 25.7. The maximum atomic E-state index is 14.7. The summed E-state index contributed by atoms with van der Waals surface area (Å²) in [6.45, 7) is 17.2. The summed E-state index contributed by atoms with van der Waals surface area (Å²) >= 11 is 0. The van der Waals surface area contributed by atoms with Crippen molar-refractivity contribution in [2.24, 2.45) is 41.1 Å². The fraction of sp³-hybridized carbons (Fsp3) is 0.645. The number of oxazole rings is 1. The van der Waals surface area contributed by atoms with Crippen LogP contribution in [0.3, 0.4) is 0 Å². The van der Waals surface area contributed by atoms with Crippen LogP contribution in [0.15, 0.2) is 94.7 Å². The van der Waals surface area contributed by atoms with Gasteiger partial charge in [0, 0.05) is 83.4 Å². The van der Waals surface area contributed by atoms with Gasteiger partial charge in [0.2, 0.25) is 17.6 Å². The van der Waals surface area contributed by atoms with Crippen LogP contribution in [0.2, 0.25) is 0 Å². The van der Waals surface area contributed by atoms with E-state index < -0.39 is 108 Å². The van der Waals surface area contributed by atoms with Gasteiger partial charge in [0.15, 0.2) is 17.0 Å². The first-order valence-electron chi connectivity index (χ1n) is 45.4. The van der Waals surface area contributed by atoms with E-state index in [1.54, 1.807) is 52.0 Å². The van der Waals surface area contributed by atoms with E-state index in [0.29, 0.717) is 189 Å². The SMILES string of the molecule is CO[C@H]1C[C@@H]2CC[C@@H](C)[C@@](O)(O2)C(=O)C(=O)N2CCCC[C@H]2C(=O)O[C@H]([C@H](N)C[C@@H]2CC[C@@H](OC(=O)N3CCC(N)(C(=O)NCCOCCOCCOCCOCCOCCOCCC(=O)N4CCc5cc(Cn6nc(-c7ccc8oc(N)nc8c7)c7c(N)ncnc76)ccc5C4)CC3)[C@H](OC)C2)CC[C@H](C)/C=C(\C)[C@@H](O)[C@@H](O)C(=O)[C@H](C)C[C@H](C)/C=C/C=C/C=C/1C. The number of hydrogen-bond donors (Lipinski definition) is 8.